The second kappa shape index (κ2) is 8.34. The van der Waals surface area contributed by atoms with Crippen molar-refractivity contribution in [2.24, 2.45) is 11.8 Å². The first kappa shape index (κ1) is 18.4. The summed E-state index contributed by atoms with van der Waals surface area (Å²) in [5.41, 5.74) is 1.05. The smallest absolute Gasteiger partial charge is 0.123 e. The molecule has 3 saturated heterocycles. The van der Waals surface area contributed by atoms with Crippen molar-refractivity contribution >= 4 is 0 Å². The number of halogens is 1. The van der Waals surface area contributed by atoms with E-state index in [9.17, 15) is 4.39 Å². The standard InChI is InChI=1S/C21H30FNO3/c22-20-3-1-2-18(12-20)13-23-15-21(16-23)19(7-11-26-21)6-10-25-14-17-4-8-24-9-5-17/h1-3,12,17,19H,4-11,13-16H2. The summed E-state index contributed by atoms with van der Waals surface area (Å²) in [6.07, 6.45) is 4.47. The fraction of sp³-hybridized carbons (Fsp3) is 0.714. The van der Waals surface area contributed by atoms with Gasteiger partial charge in [0.05, 0.1) is 5.60 Å². The van der Waals surface area contributed by atoms with Crippen LogP contribution in [0.3, 0.4) is 0 Å². The van der Waals surface area contributed by atoms with Crippen LogP contribution in [0.15, 0.2) is 24.3 Å². The van der Waals surface area contributed by atoms with Crippen LogP contribution in [0.5, 0.6) is 0 Å². The molecule has 0 N–H and O–H groups in total. The molecule has 144 valence electrons. The van der Waals surface area contributed by atoms with Crippen molar-refractivity contribution in [1.29, 1.82) is 0 Å². The van der Waals surface area contributed by atoms with Gasteiger partial charge in [-0.1, -0.05) is 12.1 Å². The zero-order chi connectivity index (χ0) is 17.8. The zero-order valence-corrected chi connectivity index (χ0v) is 15.5. The van der Waals surface area contributed by atoms with Crippen molar-refractivity contribution in [2.45, 2.75) is 37.8 Å². The number of likely N-dealkylation sites (tertiary alicyclic amines) is 1. The molecule has 1 unspecified atom stereocenters. The number of hydrogen-bond acceptors (Lipinski definition) is 4. The van der Waals surface area contributed by atoms with Crippen molar-refractivity contribution in [1.82, 2.24) is 4.90 Å². The number of hydrogen-bond donors (Lipinski definition) is 0. The van der Waals surface area contributed by atoms with E-state index in [4.69, 9.17) is 14.2 Å². The lowest BCUT2D eigenvalue weighted by Crippen LogP contribution is -2.64. The first-order valence-corrected chi connectivity index (χ1v) is 10.00. The van der Waals surface area contributed by atoms with Gasteiger partial charge in [-0.15, -0.1) is 0 Å². The quantitative estimate of drug-likeness (QED) is 0.696. The Bertz CT molecular complexity index is 584. The van der Waals surface area contributed by atoms with E-state index in [1.165, 1.54) is 6.07 Å². The molecule has 3 fully saturated rings. The van der Waals surface area contributed by atoms with Crippen LogP contribution in [0, 0.1) is 17.7 Å². The molecule has 3 aliphatic rings. The molecule has 4 nitrogen and oxygen atoms in total. The minimum atomic E-state index is -0.158. The molecule has 5 heteroatoms. The lowest BCUT2D eigenvalue weighted by molar-refractivity contribution is -0.139. The Morgan fingerprint density at radius 2 is 2.00 bits per heavy atom. The predicted octanol–water partition coefficient (Wildman–Crippen LogP) is 3.25. The minimum Gasteiger partial charge on any atom is -0.381 e. The Balaban J connectivity index is 1.19. The number of rotatable bonds is 7. The molecule has 1 aromatic carbocycles. The van der Waals surface area contributed by atoms with Crippen LogP contribution in [-0.4, -0.2) is 56.6 Å². The number of nitrogens with zero attached hydrogens (tertiary/aromatic N) is 1. The third-order valence-corrected chi connectivity index (χ3v) is 6.18. The third-order valence-electron chi connectivity index (χ3n) is 6.18. The first-order chi connectivity index (χ1) is 12.7. The maximum absolute atomic E-state index is 13.3. The van der Waals surface area contributed by atoms with Gasteiger partial charge in [0.1, 0.15) is 5.82 Å². The van der Waals surface area contributed by atoms with E-state index in [2.05, 4.69) is 4.90 Å². The molecule has 0 aliphatic carbocycles. The van der Waals surface area contributed by atoms with Crippen molar-refractivity contribution in [3.63, 3.8) is 0 Å². The van der Waals surface area contributed by atoms with E-state index < -0.39 is 0 Å². The topological polar surface area (TPSA) is 30.9 Å². The Morgan fingerprint density at radius 1 is 1.15 bits per heavy atom. The summed E-state index contributed by atoms with van der Waals surface area (Å²) in [5.74, 6) is 1.10. The Kier molecular flexibility index (Phi) is 5.89. The van der Waals surface area contributed by atoms with Crippen LogP contribution in [0.4, 0.5) is 4.39 Å². The molecule has 26 heavy (non-hydrogen) atoms. The van der Waals surface area contributed by atoms with E-state index in [0.717, 1.165) is 83.9 Å². The highest BCUT2D eigenvalue weighted by molar-refractivity contribution is 5.17. The van der Waals surface area contributed by atoms with Crippen LogP contribution < -0.4 is 0 Å². The summed E-state index contributed by atoms with van der Waals surface area (Å²) in [5, 5.41) is 0. The number of benzene rings is 1. The Hall–Kier alpha value is -1.01. The van der Waals surface area contributed by atoms with Gasteiger partial charge in [0.15, 0.2) is 0 Å². The van der Waals surface area contributed by atoms with Gasteiger partial charge in [-0.05, 0) is 55.2 Å². The van der Waals surface area contributed by atoms with Gasteiger partial charge in [-0.25, -0.2) is 4.39 Å². The Labute approximate surface area is 155 Å². The second-order valence-corrected chi connectivity index (χ2v) is 8.09. The van der Waals surface area contributed by atoms with Crippen LogP contribution >= 0.6 is 0 Å². The largest absolute Gasteiger partial charge is 0.381 e. The van der Waals surface area contributed by atoms with Gasteiger partial charge in [-0.2, -0.15) is 0 Å². The molecule has 0 amide bonds. The summed E-state index contributed by atoms with van der Waals surface area (Å²) in [4.78, 5) is 2.36. The van der Waals surface area contributed by atoms with Crippen LogP contribution in [0.25, 0.3) is 0 Å². The highest BCUT2D eigenvalue weighted by Gasteiger charge is 2.52. The zero-order valence-electron chi connectivity index (χ0n) is 15.5. The SMILES string of the molecule is Fc1cccc(CN2CC3(C2)OCCC3CCOCC2CCOCC2)c1. The highest BCUT2D eigenvalue weighted by Crippen LogP contribution is 2.42. The van der Waals surface area contributed by atoms with Crippen molar-refractivity contribution < 1.29 is 18.6 Å². The second-order valence-electron chi connectivity index (χ2n) is 8.09. The minimum absolute atomic E-state index is 0.00929. The summed E-state index contributed by atoms with van der Waals surface area (Å²) in [6, 6.07) is 6.90. The summed E-state index contributed by atoms with van der Waals surface area (Å²) >= 11 is 0. The molecule has 0 saturated carbocycles. The molecule has 1 aromatic rings. The molecule has 3 aliphatic heterocycles. The summed E-state index contributed by atoms with van der Waals surface area (Å²) in [6.45, 7) is 7.03. The molecule has 0 radical (unpaired) electrons. The van der Waals surface area contributed by atoms with Gasteiger partial charge < -0.3 is 14.2 Å². The molecule has 4 rings (SSSR count). The molecule has 0 bridgehead atoms. The predicted molar refractivity (Wildman–Crippen MR) is 97.4 cm³/mol. The third kappa shape index (κ3) is 4.28. The molecule has 0 aromatic heterocycles. The first-order valence-electron chi connectivity index (χ1n) is 10.00. The van der Waals surface area contributed by atoms with Crippen molar-refractivity contribution in [3.8, 4) is 0 Å². The van der Waals surface area contributed by atoms with Gasteiger partial charge in [0.2, 0.25) is 0 Å². The van der Waals surface area contributed by atoms with Crippen molar-refractivity contribution in [3.05, 3.63) is 35.6 Å². The number of ether oxygens (including phenoxy) is 3. The fourth-order valence-electron chi connectivity index (χ4n) is 4.65. The molecule has 1 atom stereocenters. The van der Waals surface area contributed by atoms with E-state index >= 15 is 0 Å². The monoisotopic (exact) mass is 363 g/mol. The average molecular weight is 363 g/mol. The maximum Gasteiger partial charge on any atom is 0.123 e. The van der Waals surface area contributed by atoms with E-state index in [0.29, 0.717) is 11.8 Å². The lowest BCUT2D eigenvalue weighted by atomic mass is 9.79. The molecule has 1 spiro atoms. The highest BCUT2D eigenvalue weighted by atomic mass is 19.1. The maximum atomic E-state index is 13.3. The van der Waals surface area contributed by atoms with Crippen LogP contribution in [0.1, 0.15) is 31.2 Å². The normalized spacial score (nSPS) is 26.3. The van der Waals surface area contributed by atoms with E-state index in [1.807, 2.05) is 6.07 Å². The molecular formula is C21H30FNO3. The van der Waals surface area contributed by atoms with Gasteiger partial charge >= 0.3 is 0 Å². The van der Waals surface area contributed by atoms with Crippen LogP contribution in [-0.2, 0) is 20.8 Å². The van der Waals surface area contributed by atoms with Crippen LogP contribution in [0.2, 0.25) is 0 Å². The van der Waals surface area contributed by atoms with Gasteiger partial charge in [0.25, 0.3) is 0 Å². The lowest BCUT2D eigenvalue weighted by Gasteiger charge is -2.50. The fourth-order valence-corrected chi connectivity index (χ4v) is 4.65. The summed E-state index contributed by atoms with van der Waals surface area (Å²) in [7, 11) is 0. The van der Waals surface area contributed by atoms with Gasteiger partial charge in [-0.3, -0.25) is 4.90 Å². The Morgan fingerprint density at radius 3 is 2.81 bits per heavy atom. The summed E-state index contributed by atoms with van der Waals surface area (Å²) < 4.78 is 30.8. The molecular weight excluding hydrogens is 333 g/mol. The van der Waals surface area contributed by atoms with E-state index in [-0.39, 0.29) is 11.4 Å². The average Bonchev–Trinajstić information content (AvgIpc) is 3.03. The molecule has 3 heterocycles. The van der Waals surface area contributed by atoms with E-state index in [1.54, 1.807) is 12.1 Å². The van der Waals surface area contributed by atoms with Gasteiger partial charge in [0, 0.05) is 52.7 Å². The van der Waals surface area contributed by atoms with Crippen molar-refractivity contribution in [2.75, 3.05) is 46.1 Å².